The summed E-state index contributed by atoms with van der Waals surface area (Å²) in [5.41, 5.74) is -5.27. The molecule has 0 amide bonds. The van der Waals surface area contributed by atoms with E-state index in [9.17, 15) is 21.6 Å². The van der Waals surface area contributed by atoms with Crippen LogP contribution in [0.2, 0.25) is 0 Å². The highest BCUT2D eigenvalue weighted by molar-refractivity contribution is 8.01. The summed E-state index contributed by atoms with van der Waals surface area (Å²) < 4.78 is 53.6. The summed E-state index contributed by atoms with van der Waals surface area (Å²) >= 11 is 2.74. The van der Waals surface area contributed by atoms with Crippen molar-refractivity contribution < 1.29 is 21.6 Å². The second kappa shape index (κ2) is 2.35. The van der Waals surface area contributed by atoms with Crippen LogP contribution >= 0.6 is 12.8 Å². The quantitative estimate of drug-likeness (QED) is 0.570. The van der Waals surface area contributed by atoms with Crippen molar-refractivity contribution in [2.75, 3.05) is 0 Å². The van der Waals surface area contributed by atoms with Gasteiger partial charge in [0, 0.05) is 0 Å². The Kier molecular flexibility index (Phi) is 2.36. The van der Waals surface area contributed by atoms with Crippen LogP contribution < -0.4 is 4.13 Å². The van der Waals surface area contributed by atoms with E-state index in [0.29, 0.717) is 0 Å². The van der Waals surface area contributed by atoms with Crippen molar-refractivity contribution in [3.8, 4) is 0 Å². The SMILES string of the molecule is O=S(=O)(NS)C(F)(F)F. The van der Waals surface area contributed by atoms with Gasteiger partial charge in [0.2, 0.25) is 0 Å². The van der Waals surface area contributed by atoms with Crippen molar-refractivity contribution in [3.05, 3.63) is 0 Å². The minimum Gasteiger partial charge on any atom is -0.202 e. The van der Waals surface area contributed by atoms with E-state index >= 15 is 0 Å². The van der Waals surface area contributed by atoms with E-state index in [-0.39, 0.29) is 0 Å². The Labute approximate surface area is 54.8 Å². The maximum Gasteiger partial charge on any atom is 0.512 e. The molecular formula is CH2F3NO2S2. The molecule has 0 spiro atoms. The molecule has 3 nitrogen and oxygen atoms in total. The molecule has 0 aliphatic carbocycles. The van der Waals surface area contributed by atoms with Gasteiger partial charge in [-0.1, -0.05) is 12.8 Å². The molecule has 56 valence electrons. The molecule has 0 saturated carbocycles. The van der Waals surface area contributed by atoms with E-state index in [0.717, 1.165) is 4.13 Å². The topological polar surface area (TPSA) is 46.2 Å². The van der Waals surface area contributed by atoms with Gasteiger partial charge in [0.1, 0.15) is 0 Å². The van der Waals surface area contributed by atoms with Gasteiger partial charge in [-0.3, -0.25) is 0 Å². The van der Waals surface area contributed by atoms with Crippen LogP contribution in [0.15, 0.2) is 0 Å². The average molecular weight is 181 g/mol. The van der Waals surface area contributed by atoms with Crippen LogP contribution in [0.4, 0.5) is 13.2 Å². The lowest BCUT2D eigenvalue weighted by Crippen LogP contribution is -2.30. The fourth-order valence-electron chi connectivity index (χ4n) is 0.0518. The Balaban J connectivity index is 4.57. The van der Waals surface area contributed by atoms with E-state index in [2.05, 4.69) is 12.8 Å². The number of halogens is 3. The van der Waals surface area contributed by atoms with Gasteiger partial charge in [-0.2, -0.15) is 17.3 Å². The summed E-state index contributed by atoms with van der Waals surface area (Å²) in [5, 5.41) is 0. The van der Waals surface area contributed by atoms with Gasteiger partial charge in [0.25, 0.3) is 0 Å². The monoisotopic (exact) mass is 181 g/mol. The lowest BCUT2D eigenvalue weighted by atomic mass is 11.6. The molecule has 0 aromatic rings. The lowest BCUT2D eigenvalue weighted by molar-refractivity contribution is -0.0440. The maximum absolute atomic E-state index is 11.1. The first-order valence-corrected chi connectivity index (χ1v) is 3.46. The number of thiol groups is 1. The zero-order valence-corrected chi connectivity index (χ0v) is 5.52. The fourth-order valence-corrected chi connectivity index (χ4v) is 0.466. The van der Waals surface area contributed by atoms with Crippen LogP contribution in [-0.4, -0.2) is 13.9 Å². The number of nitrogens with one attached hydrogen (secondary N) is 1. The molecule has 0 aliphatic heterocycles. The normalized spacial score (nSPS) is 13.8. The van der Waals surface area contributed by atoms with Crippen LogP contribution in [0.5, 0.6) is 0 Å². The van der Waals surface area contributed by atoms with E-state index < -0.39 is 15.5 Å². The number of rotatable bonds is 1. The molecule has 0 saturated heterocycles. The minimum atomic E-state index is -5.27. The molecule has 0 heterocycles. The predicted octanol–water partition coefficient (Wildman–Crippen LogP) is 0.270. The summed E-state index contributed by atoms with van der Waals surface area (Å²) in [6.07, 6.45) is 0. The fraction of sp³-hybridized carbons (Fsp3) is 1.00. The molecule has 0 radical (unpaired) electrons. The Hall–Kier alpha value is 0.0500. The van der Waals surface area contributed by atoms with Gasteiger partial charge in [-0.05, 0) is 0 Å². The first-order valence-electron chi connectivity index (χ1n) is 1.53. The third-order valence-electron chi connectivity index (χ3n) is 0.425. The van der Waals surface area contributed by atoms with Crippen molar-refractivity contribution in [2.45, 2.75) is 5.51 Å². The van der Waals surface area contributed by atoms with E-state index in [4.69, 9.17) is 0 Å². The van der Waals surface area contributed by atoms with Gasteiger partial charge >= 0.3 is 15.5 Å². The van der Waals surface area contributed by atoms with Crippen molar-refractivity contribution in [1.29, 1.82) is 0 Å². The van der Waals surface area contributed by atoms with Crippen molar-refractivity contribution >= 4 is 22.8 Å². The summed E-state index contributed by atoms with van der Waals surface area (Å²) in [7, 11) is -5.22. The van der Waals surface area contributed by atoms with Crippen LogP contribution in [0, 0.1) is 0 Å². The van der Waals surface area contributed by atoms with Gasteiger partial charge in [0.05, 0.1) is 0 Å². The summed E-state index contributed by atoms with van der Waals surface area (Å²) in [6.45, 7) is 0. The molecule has 9 heavy (non-hydrogen) atoms. The van der Waals surface area contributed by atoms with Gasteiger partial charge < -0.3 is 0 Å². The molecular weight excluding hydrogens is 179 g/mol. The van der Waals surface area contributed by atoms with Gasteiger partial charge in [-0.15, -0.1) is 0 Å². The molecule has 0 aromatic heterocycles. The van der Waals surface area contributed by atoms with Crippen molar-refractivity contribution in [3.63, 3.8) is 0 Å². The Morgan fingerprint density at radius 2 is 1.67 bits per heavy atom. The second-order valence-corrected chi connectivity index (χ2v) is 3.24. The maximum atomic E-state index is 11.1. The first-order chi connectivity index (χ1) is 3.81. The number of hydrogen-bond donors (Lipinski definition) is 2. The third kappa shape index (κ3) is 2.03. The lowest BCUT2D eigenvalue weighted by Gasteiger charge is -2.03. The Morgan fingerprint density at radius 3 is 1.67 bits per heavy atom. The van der Waals surface area contributed by atoms with Crippen LogP contribution in [0.25, 0.3) is 0 Å². The van der Waals surface area contributed by atoms with Crippen molar-refractivity contribution in [1.82, 2.24) is 4.13 Å². The molecule has 0 fully saturated rings. The van der Waals surface area contributed by atoms with Gasteiger partial charge in [0.15, 0.2) is 0 Å². The first kappa shape index (κ1) is 9.05. The molecule has 0 rings (SSSR count). The molecule has 0 bridgehead atoms. The zero-order chi connectivity index (χ0) is 7.71. The molecule has 0 unspecified atom stereocenters. The Morgan fingerprint density at radius 1 is 1.33 bits per heavy atom. The molecule has 0 aliphatic rings. The van der Waals surface area contributed by atoms with Crippen molar-refractivity contribution in [2.24, 2.45) is 0 Å². The summed E-state index contributed by atoms with van der Waals surface area (Å²) in [6, 6.07) is 0. The molecule has 0 atom stereocenters. The van der Waals surface area contributed by atoms with Crippen LogP contribution in [0.3, 0.4) is 0 Å². The molecule has 8 heteroatoms. The van der Waals surface area contributed by atoms with E-state index in [1.54, 1.807) is 0 Å². The highest BCUT2D eigenvalue weighted by atomic mass is 32.3. The molecule has 0 aromatic carbocycles. The minimum absolute atomic E-state index is 0.823. The third-order valence-corrected chi connectivity index (χ3v) is 2.00. The number of alkyl halides is 3. The highest BCUT2D eigenvalue weighted by Gasteiger charge is 2.45. The number of hydrogen-bond acceptors (Lipinski definition) is 3. The highest BCUT2D eigenvalue weighted by Crippen LogP contribution is 2.21. The second-order valence-electron chi connectivity index (χ2n) is 1.04. The Bertz CT molecular complexity index is 180. The number of sulfonamides is 1. The smallest absolute Gasteiger partial charge is 0.202 e. The largest absolute Gasteiger partial charge is 0.512 e. The zero-order valence-electron chi connectivity index (χ0n) is 3.81. The van der Waals surface area contributed by atoms with E-state index in [1.165, 1.54) is 0 Å². The summed E-state index contributed by atoms with van der Waals surface area (Å²) in [4.78, 5) is 0. The summed E-state index contributed by atoms with van der Waals surface area (Å²) in [5.74, 6) is 0. The average Bonchev–Trinajstić information content (AvgIpc) is 1.64. The van der Waals surface area contributed by atoms with Crippen LogP contribution in [0.1, 0.15) is 0 Å². The predicted molar refractivity (Wildman–Crippen MR) is 27.1 cm³/mol. The van der Waals surface area contributed by atoms with Crippen LogP contribution in [-0.2, 0) is 10.0 Å². The van der Waals surface area contributed by atoms with E-state index in [1.807, 2.05) is 0 Å². The van der Waals surface area contributed by atoms with Gasteiger partial charge in [-0.25, -0.2) is 8.42 Å². The standard InChI is InChI=1S/CH2F3NO2S2/c2-1(3,4)9(6,7)5-8/h5,8H. The molecule has 1 N–H and O–H groups in total.